The van der Waals surface area contributed by atoms with Crippen LogP contribution in [0.25, 0.3) is 0 Å². The fraction of sp³-hybridized carbons (Fsp3) is 0.0882. The Labute approximate surface area is 217 Å². The first-order chi connectivity index (χ1) is 18.1. The van der Waals surface area contributed by atoms with Crippen molar-refractivity contribution in [1.29, 1.82) is 0 Å². The average molecular weight is 485 g/mol. The Kier molecular flexibility index (Phi) is 6.87. The predicted octanol–water partition coefficient (Wildman–Crippen LogP) is 7.66. The third-order valence-electron chi connectivity index (χ3n) is 6.85. The third-order valence-corrected chi connectivity index (χ3v) is 6.85. The molecule has 0 radical (unpaired) electrons. The van der Waals surface area contributed by atoms with Crippen molar-refractivity contribution < 1.29 is 15.0 Å². The van der Waals surface area contributed by atoms with E-state index in [0.29, 0.717) is 11.1 Å². The Bertz CT molecular complexity index is 1420. The summed E-state index contributed by atoms with van der Waals surface area (Å²) in [6, 6.07) is 41.0. The van der Waals surface area contributed by atoms with Crippen LogP contribution in [0.1, 0.15) is 62.5 Å². The van der Waals surface area contributed by atoms with Crippen LogP contribution < -0.4 is 0 Å². The summed E-state index contributed by atoms with van der Waals surface area (Å²) < 4.78 is 0. The van der Waals surface area contributed by atoms with Crippen LogP contribution in [0, 0.1) is 0 Å². The number of aromatic hydroxyl groups is 2. The van der Waals surface area contributed by atoms with Crippen molar-refractivity contribution >= 4 is 5.78 Å². The summed E-state index contributed by atoms with van der Waals surface area (Å²) >= 11 is 0. The average Bonchev–Trinajstić information content (AvgIpc) is 2.94. The van der Waals surface area contributed by atoms with E-state index in [2.05, 4.69) is 0 Å². The van der Waals surface area contributed by atoms with Gasteiger partial charge in [-0.05, 0) is 35.2 Å². The van der Waals surface area contributed by atoms with E-state index >= 15 is 0 Å². The van der Waals surface area contributed by atoms with Gasteiger partial charge >= 0.3 is 0 Å². The molecule has 5 rings (SSSR count). The smallest absolute Gasteiger partial charge is 0.163 e. The molecular weight excluding hydrogens is 456 g/mol. The number of benzene rings is 5. The van der Waals surface area contributed by atoms with Gasteiger partial charge < -0.3 is 10.2 Å². The zero-order valence-corrected chi connectivity index (χ0v) is 20.6. The number of phenols is 2. The number of carbonyl (C=O) groups is 1. The molecule has 182 valence electrons. The molecule has 37 heavy (non-hydrogen) atoms. The fourth-order valence-corrected chi connectivity index (χ4v) is 5.13. The summed E-state index contributed by atoms with van der Waals surface area (Å²) in [4.78, 5) is 12.8. The fourth-order valence-electron chi connectivity index (χ4n) is 5.13. The number of carbonyl (C=O) groups excluding carboxylic acids is 1. The Hall–Kier alpha value is -4.63. The molecule has 0 aliphatic rings. The molecule has 0 amide bonds. The first-order valence-corrected chi connectivity index (χ1v) is 12.4. The molecular formula is C34H28O3. The molecule has 2 N–H and O–H groups in total. The normalized spacial score (nSPS) is 11.1. The van der Waals surface area contributed by atoms with E-state index in [4.69, 9.17) is 0 Å². The van der Waals surface area contributed by atoms with Crippen molar-refractivity contribution in [3.05, 3.63) is 166 Å². The number of ketones is 1. The largest absolute Gasteiger partial charge is 0.507 e. The molecule has 0 saturated carbocycles. The lowest BCUT2D eigenvalue weighted by Gasteiger charge is -2.27. The number of Topliss-reactive ketones (excluding diaryl/α,β-unsaturated/α-hetero) is 1. The predicted molar refractivity (Wildman–Crippen MR) is 147 cm³/mol. The van der Waals surface area contributed by atoms with Crippen LogP contribution in [0.5, 0.6) is 11.5 Å². The van der Waals surface area contributed by atoms with E-state index in [1.54, 1.807) is 6.07 Å². The summed E-state index contributed by atoms with van der Waals surface area (Å²) in [5, 5.41) is 23.5. The van der Waals surface area contributed by atoms with Crippen molar-refractivity contribution in [3.8, 4) is 11.5 Å². The van der Waals surface area contributed by atoms with Crippen LogP contribution in [0.15, 0.2) is 127 Å². The highest BCUT2D eigenvalue weighted by atomic mass is 16.3. The summed E-state index contributed by atoms with van der Waals surface area (Å²) in [5.74, 6) is -1.29. The first-order valence-electron chi connectivity index (χ1n) is 12.4. The van der Waals surface area contributed by atoms with Gasteiger partial charge in [-0.1, -0.05) is 121 Å². The van der Waals surface area contributed by atoms with Gasteiger partial charge in [-0.3, -0.25) is 4.79 Å². The molecule has 3 nitrogen and oxygen atoms in total. The van der Waals surface area contributed by atoms with E-state index in [1.807, 2.05) is 121 Å². The number of rotatable bonds is 7. The van der Waals surface area contributed by atoms with Gasteiger partial charge in [-0.15, -0.1) is 0 Å². The quantitative estimate of drug-likeness (QED) is 0.184. The number of hydrogen-bond donors (Lipinski definition) is 2. The standard InChI is InChI=1S/C34H28O3/c1-23(35)28-22-29(30(24-14-6-2-7-15-24)25-16-8-3-9-17-25)34(37)32(33(28)36)31(26-18-10-4-11-19-26)27-20-12-5-13-21-27/h2-22,30-31,36-37H,1H3. The number of hydrogen-bond acceptors (Lipinski definition) is 3. The van der Waals surface area contributed by atoms with Gasteiger partial charge in [0.25, 0.3) is 0 Å². The SMILES string of the molecule is CC(=O)c1cc(C(c2ccccc2)c2ccccc2)c(O)c(C(c2ccccc2)c2ccccc2)c1O. The monoisotopic (exact) mass is 484 g/mol. The Balaban J connectivity index is 1.85. The molecule has 0 fully saturated rings. The topological polar surface area (TPSA) is 57.5 Å². The van der Waals surface area contributed by atoms with E-state index < -0.39 is 5.92 Å². The summed E-state index contributed by atoms with van der Waals surface area (Å²) in [6.45, 7) is 1.44. The highest BCUT2D eigenvalue weighted by molar-refractivity contribution is 5.98. The van der Waals surface area contributed by atoms with E-state index in [1.165, 1.54) is 6.92 Å². The molecule has 0 bridgehead atoms. The maximum absolute atomic E-state index is 12.8. The van der Waals surface area contributed by atoms with Crippen molar-refractivity contribution in [3.63, 3.8) is 0 Å². The van der Waals surface area contributed by atoms with Crippen LogP contribution in [0.3, 0.4) is 0 Å². The third kappa shape index (κ3) is 4.76. The van der Waals surface area contributed by atoms with E-state index in [0.717, 1.165) is 22.3 Å². The molecule has 5 aromatic carbocycles. The lowest BCUT2D eigenvalue weighted by atomic mass is 9.78. The minimum atomic E-state index is -0.479. The second-order valence-corrected chi connectivity index (χ2v) is 9.19. The van der Waals surface area contributed by atoms with Gasteiger partial charge in [0, 0.05) is 23.0 Å². The zero-order valence-electron chi connectivity index (χ0n) is 20.6. The van der Waals surface area contributed by atoms with Crippen LogP contribution in [0.2, 0.25) is 0 Å². The zero-order chi connectivity index (χ0) is 25.8. The highest BCUT2D eigenvalue weighted by Gasteiger charge is 2.31. The van der Waals surface area contributed by atoms with Crippen molar-refractivity contribution in [2.45, 2.75) is 18.8 Å². The minimum Gasteiger partial charge on any atom is -0.507 e. The van der Waals surface area contributed by atoms with Crippen LogP contribution in [-0.2, 0) is 0 Å². The maximum Gasteiger partial charge on any atom is 0.163 e. The lowest BCUT2D eigenvalue weighted by Crippen LogP contribution is -2.11. The molecule has 0 spiro atoms. The summed E-state index contributed by atoms with van der Waals surface area (Å²) in [7, 11) is 0. The summed E-state index contributed by atoms with van der Waals surface area (Å²) in [6.07, 6.45) is 0. The van der Waals surface area contributed by atoms with Crippen LogP contribution in [0.4, 0.5) is 0 Å². The molecule has 0 saturated heterocycles. The van der Waals surface area contributed by atoms with Crippen LogP contribution >= 0.6 is 0 Å². The molecule has 0 aliphatic heterocycles. The molecule has 0 aliphatic carbocycles. The number of phenolic OH excluding ortho intramolecular Hbond substituents is 2. The first kappa shape index (κ1) is 24.1. The van der Waals surface area contributed by atoms with Crippen molar-refractivity contribution in [1.82, 2.24) is 0 Å². The summed E-state index contributed by atoms with van der Waals surface area (Å²) in [5.41, 5.74) is 4.86. The van der Waals surface area contributed by atoms with Crippen molar-refractivity contribution in [2.24, 2.45) is 0 Å². The highest BCUT2D eigenvalue weighted by Crippen LogP contribution is 2.49. The maximum atomic E-state index is 12.8. The molecule has 0 aromatic heterocycles. The second-order valence-electron chi connectivity index (χ2n) is 9.19. The van der Waals surface area contributed by atoms with Crippen LogP contribution in [-0.4, -0.2) is 16.0 Å². The lowest BCUT2D eigenvalue weighted by molar-refractivity contribution is 0.101. The van der Waals surface area contributed by atoms with Gasteiger partial charge in [0.2, 0.25) is 0 Å². The van der Waals surface area contributed by atoms with Gasteiger partial charge in [-0.25, -0.2) is 0 Å². The van der Waals surface area contributed by atoms with Gasteiger partial charge in [0.05, 0.1) is 5.56 Å². The Morgan fingerprint density at radius 1 is 0.541 bits per heavy atom. The van der Waals surface area contributed by atoms with Gasteiger partial charge in [0.1, 0.15) is 11.5 Å². The Morgan fingerprint density at radius 2 is 0.892 bits per heavy atom. The van der Waals surface area contributed by atoms with Gasteiger partial charge in [-0.2, -0.15) is 0 Å². The van der Waals surface area contributed by atoms with E-state index in [9.17, 15) is 15.0 Å². The second kappa shape index (κ2) is 10.5. The molecule has 0 atom stereocenters. The van der Waals surface area contributed by atoms with Crippen molar-refractivity contribution in [2.75, 3.05) is 0 Å². The van der Waals surface area contributed by atoms with Gasteiger partial charge in [0.15, 0.2) is 5.78 Å². The molecule has 3 heteroatoms. The Morgan fingerprint density at radius 3 is 1.24 bits per heavy atom. The molecule has 0 heterocycles. The molecule has 0 unspecified atom stereocenters. The molecule has 5 aromatic rings. The van der Waals surface area contributed by atoms with E-state index in [-0.39, 0.29) is 28.8 Å². The minimum absolute atomic E-state index is 0.0158.